The summed E-state index contributed by atoms with van der Waals surface area (Å²) < 4.78 is 19.5. The molecule has 2 N–H and O–H groups in total. The Kier molecular flexibility index (Phi) is 7.84. The van der Waals surface area contributed by atoms with Crippen LogP contribution in [0.2, 0.25) is 5.02 Å². The summed E-state index contributed by atoms with van der Waals surface area (Å²) in [5.74, 6) is -1.54. The number of thioether (sulfide) groups is 1. The summed E-state index contributed by atoms with van der Waals surface area (Å²) in [7, 11) is 0. The van der Waals surface area contributed by atoms with Gasteiger partial charge in [-0.05, 0) is 17.7 Å². The lowest BCUT2D eigenvalue weighted by atomic mass is 10.2. The highest BCUT2D eigenvalue weighted by Gasteiger charge is 2.21. The highest BCUT2D eigenvalue weighted by atomic mass is 35.5. The maximum Gasteiger partial charge on any atom is 0.355 e. The second kappa shape index (κ2) is 10.4. The molecule has 1 saturated heterocycles. The first kappa shape index (κ1) is 22.0. The van der Waals surface area contributed by atoms with Gasteiger partial charge in [-0.15, -0.1) is 11.3 Å². The zero-order valence-corrected chi connectivity index (χ0v) is 17.7. The standard InChI is InChI=1S/C18H19ClFN3O4S2/c19-13-5-11(1-2-14(13)20)7-23-3-4-27-12(8-23)6-21-16(24)10-29-18-22-15(9-28-18)17(25)26/h1-2,5,9,12H,3-4,6-8,10H2,(H,21,24)(H,25,26). The molecule has 1 fully saturated rings. The van der Waals surface area contributed by atoms with Crippen LogP contribution in [0.15, 0.2) is 27.9 Å². The van der Waals surface area contributed by atoms with E-state index in [-0.39, 0.29) is 28.5 Å². The Labute approximate surface area is 180 Å². The van der Waals surface area contributed by atoms with Gasteiger partial charge in [-0.2, -0.15) is 0 Å². The van der Waals surface area contributed by atoms with Crippen molar-refractivity contribution in [3.05, 3.63) is 45.7 Å². The summed E-state index contributed by atoms with van der Waals surface area (Å²) in [6.07, 6.45) is -0.146. The number of carbonyl (C=O) groups is 2. The van der Waals surface area contributed by atoms with Gasteiger partial charge < -0.3 is 15.2 Å². The number of aromatic carboxylic acids is 1. The first-order valence-electron chi connectivity index (χ1n) is 8.77. The lowest BCUT2D eigenvalue weighted by Crippen LogP contribution is -2.47. The van der Waals surface area contributed by atoms with Crippen molar-refractivity contribution in [2.45, 2.75) is 17.0 Å². The molecule has 7 nitrogen and oxygen atoms in total. The van der Waals surface area contributed by atoms with Gasteiger partial charge in [0.05, 0.1) is 23.5 Å². The maximum atomic E-state index is 13.3. The van der Waals surface area contributed by atoms with Crippen molar-refractivity contribution in [1.82, 2.24) is 15.2 Å². The minimum Gasteiger partial charge on any atom is -0.476 e. The highest BCUT2D eigenvalue weighted by Crippen LogP contribution is 2.22. The summed E-state index contributed by atoms with van der Waals surface area (Å²) in [6.45, 7) is 2.92. The summed E-state index contributed by atoms with van der Waals surface area (Å²) in [6, 6.07) is 4.68. The van der Waals surface area contributed by atoms with Crippen molar-refractivity contribution < 1.29 is 23.8 Å². The molecule has 1 aliphatic rings. The monoisotopic (exact) mass is 459 g/mol. The lowest BCUT2D eigenvalue weighted by molar-refractivity contribution is -0.119. The molecule has 1 aromatic carbocycles. The van der Waals surface area contributed by atoms with Crippen molar-refractivity contribution >= 4 is 46.6 Å². The molecule has 3 rings (SSSR count). The molecule has 1 atom stereocenters. The van der Waals surface area contributed by atoms with Crippen LogP contribution in [0.3, 0.4) is 0 Å². The van der Waals surface area contributed by atoms with Gasteiger partial charge in [-0.3, -0.25) is 9.69 Å². The minimum absolute atomic E-state index is 0.0175. The molecule has 2 aromatic rings. The van der Waals surface area contributed by atoms with Crippen molar-refractivity contribution in [3.8, 4) is 0 Å². The van der Waals surface area contributed by atoms with Gasteiger partial charge in [0.2, 0.25) is 5.91 Å². The zero-order valence-electron chi connectivity index (χ0n) is 15.3. The van der Waals surface area contributed by atoms with E-state index in [9.17, 15) is 14.0 Å². The molecule has 1 aliphatic heterocycles. The van der Waals surface area contributed by atoms with Gasteiger partial charge in [0.1, 0.15) is 5.82 Å². The number of aromatic nitrogens is 1. The number of carbonyl (C=O) groups excluding carboxylic acids is 1. The van der Waals surface area contributed by atoms with Crippen molar-refractivity contribution in [3.63, 3.8) is 0 Å². The fraction of sp³-hybridized carbons (Fsp3) is 0.389. The van der Waals surface area contributed by atoms with Crippen LogP contribution in [0, 0.1) is 5.82 Å². The van der Waals surface area contributed by atoms with E-state index in [4.69, 9.17) is 21.4 Å². The molecular formula is C18H19ClFN3O4S2. The van der Waals surface area contributed by atoms with Crippen LogP contribution in [-0.2, 0) is 16.1 Å². The summed E-state index contributed by atoms with van der Waals surface area (Å²) in [5, 5.41) is 13.2. The predicted molar refractivity (Wildman–Crippen MR) is 109 cm³/mol. The van der Waals surface area contributed by atoms with Crippen molar-refractivity contribution in [2.75, 3.05) is 32.0 Å². The third kappa shape index (κ3) is 6.65. The highest BCUT2D eigenvalue weighted by molar-refractivity contribution is 8.01. The molecule has 1 amide bonds. The molecule has 0 radical (unpaired) electrons. The Morgan fingerprint density at radius 3 is 3.03 bits per heavy atom. The Morgan fingerprint density at radius 2 is 2.31 bits per heavy atom. The van der Waals surface area contributed by atoms with Crippen molar-refractivity contribution in [2.24, 2.45) is 0 Å². The molecule has 2 heterocycles. The van der Waals surface area contributed by atoms with Gasteiger partial charge in [0.15, 0.2) is 10.0 Å². The zero-order chi connectivity index (χ0) is 20.8. The molecule has 29 heavy (non-hydrogen) atoms. The van der Waals surface area contributed by atoms with Gasteiger partial charge in [0, 0.05) is 31.6 Å². The fourth-order valence-electron chi connectivity index (χ4n) is 2.77. The number of amides is 1. The summed E-state index contributed by atoms with van der Waals surface area (Å²) >= 11 is 8.23. The number of carboxylic acid groups (broad SMARTS) is 1. The Bertz CT molecular complexity index is 883. The fourth-order valence-corrected chi connectivity index (χ4v) is 4.60. The number of hydrogen-bond acceptors (Lipinski definition) is 7. The van der Waals surface area contributed by atoms with E-state index in [0.29, 0.717) is 30.6 Å². The van der Waals surface area contributed by atoms with E-state index in [1.807, 2.05) is 0 Å². The largest absolute Gasteiger partial charge is 0.476 e. The molecule has 156 valence electrons. The SMILES string of the molecule is O=C(CSc1nc(C(=O)O)cs1)NCC1CN(Cc2ccc(F)c(Cl)c2)CCO1. The number of morpholine rings is 1. The van der Waals surface area contributed by atoms with Gasteiger partial charge >= 0.3 is 5.97 Å². The number of thiazole rings is 1. The van der Waals surface area contributed by atoms with Crippen LogP contribution in [0.5, 0.6) is 0 Å². The Morgan fingerprint density at radius 1 is 1.48 bits per heavy atom. The van der Waals surface area contributed by atoms with Crippen LogP contribution < -0.4 is 5.32 Å². The number of halogens is 2. The quantitative estimate of drug-likeness (QED) is 0.586. The van der Waals surface area contributed by atoms with E-state index < -0.39 is 11.8 Å². The first-order valence-corrected chi connectivity index (χ1v) is 11.0. The number of nitrogens with one attached hydrogen (secondary N) is 1. The number of hydrogen-bond donors (Lipinski definition) is 2. The molecule has 0 bridgehead atoms. The molecule has 0 spiro atoms. The maximum absolute atomic E-state index is 13.3. The minimum atomic E-state index is -1.08. The number of rotatable bonds is 8. The predicted octanol–water partition coefficient (Wildman–Crippen LogP) is 2.74. The molecule has 1 unspecified atom stereocenters. The summed E-state index contributed by atoms with van der Waals surface area (Å²) in [5.41, 5.74) is 0.901. The molecule has 1 aromatic heterocycles. The van der Waals surface area contributed by atoms with E-state index in [1.165, 1.54) is 34.5 Å². The van der Waals surface area contributed by atoms with Crippen LogP contribution in [0.25, 0.3) is 0 Å². The second-order valence-electron chi connectivity index (χ2n) is 6.37. The van der Waals surface area contributed by atoms with Crippen molar-refractivity contribution in [1.29, 1.82) is 0 Å². The molecular weight excluding hydrogens is 441 g/mol. The van der Waals surface area contributed by atoms with Crippen LogP contribution in [0.4, 0.5) is 4.39 Å². The molecule has 0 saturated carbocycles. The van der Waals surface area contributed by atoms with Gasteiger partial charge in [0.25, 0.3) is 0 Å². The molecule has 11 heteroatoms. The number of carboxylic acids is 1. The lowest BCUT2D eigenvalue weighted by Gasteiger charge is -2.33. The van der Waals surface area contributed by atoms with Crippen LogP contribution >= 0.6 is 34.7 Å². The van der Waals surface area contributed by atoms with E-state index in [1.54, 1.807) is 12.1 Å². The van der Waals surface area contributed by atoms with E-state index in [0.717, 1.165) is 12.1 Å². The third-order valence-electron chi connectivity index (χ3n) is 4.17. The molecule has 0 aliphatic carbocycles. The average molecular weight is 460 g/mol. The Balaban J connectivity index is 1.40. The van der Waals surface area contributed by atoms with Gasteiger partial charge in [-0.1, -0.05) is 29.4 Å². The summed E-state index contributed by atoms with van der Waals surface area (Å²) in [4.78, 5) is 29.0. The van der Waals surface area contributed by atoms with E-state index >= 15 is 0 Å². The van der Waals surface area contributed by atoms with E-state index in [2.05, 4.69) is 15.2 Å². The second-order valence-corrected chi connectivity index (χ2v) is 8.86. The smallest absolute Gasteiger partial charge is 0.355 e. The first-order chi connectivity index (χ1) is 13.9. The number of nitrogens with zero attached hydrogens (tertiary/aromatic N) is 2. The third-order valence-corrected chi connectivity index (χ3v) is 6.48. The van der Waals surface area contributed by atoms with Crippen LogP contribution in [-0.4, -0.2) is 65.0 Å². The number of ether oxygens (including phenoxy) is 1. The van der Waals surface area contributed by atoms with Crippen LogP contribution in [0.1, 0.15) is 16.1 Å². The average Bonchev–Trinajstić information content (AvgIpc) is 3.17. The topological polar surface area (TPSA) is 91.8 Å². The van der Waals surface area contributed by atoms with Gasteiger partial charge in [-0.25, -0.2) is 14.2 Å². The normalized spacial score (nSPS) is 17.2. The Hall–Kier alpha value is -1.72. The number of benzene rings is 1.